The first-order valence-corrected chi connectivity index (χ1v) is 7.47. The topological polar surface area (TPSA) is 68.2 Å². The highest BCUT2D eigenvalue weighted by Crippen LogP contribution is 2.16. The molecule has 2 aliphatic heterocycles. The summed E-state index contributed by atoms with van der Waals surface area (Å²) in [4.78, 5) is 12.1. The summed E-state index contributed by atoms with van der Waals surface area (Å²) in [5, 5.41) is 10.5. The number of nitrogens with zero attached hydrogens (tertiary/aromatic N) is 2. The molecule has 110 valence electrons. The first-order chi connectivity index (χ1) is 9.81. The summed E-state index contributed by atoms with van der Waals surface area (Å²) in [6, 6.07) is 0. The van der Waals surface area contributed by atoms with Crippen molar-refractivity contribution in [2.45, 2.75) is 38.3 Å². The lowest BCUT2D eigenvalue weighted by atomic mass is 9.99. The average Bonchev–Trinajstić information content (AvgIpc) is 3.12. The van der Waals surface area contributed by atoms with Crippen molar-refractivity contribution < 1.29 is 9.53 Å². The molecule has 0 bridgehead atoms. The molecule has 0 aromatic carbocycles. The minimum atomic E-state index is 0.0743. The summed E-state index contributed by atoms with van der Waals surface area (Å²) in [5.74, 6) is 0.166. The number of piperidine rings is 1. The highest BCUT2D eigenvalue weighted by Gasteiger charge is 2.21. The zero-order valence-corrected chi connectivity index (χ0v) is 11.7. The molecule has 0 radical (unpaired) electrons. The zero-order chi connectivity index (χ0) is 13.8. The Morgan fingerprint density at radius 1 is 1.50 bits per heavy atom. The first-order valence-electron chi connectivity index (χ1n) is 7.47. The summed E-state index contributed by atoms with van der Waals surface area (Å²) in [6.07, 6.45) is 8.11. The molecule has 2 N–H and O–H groups in total. The van der Waals surface area contributed by atoms with Crippen molar-refractivity contribution in [2.75, 3.05) is 25.0 Å². The maximum absolute atomic E-state index is 12.1. The molecule has 0 aliphatic carbocycles. The molecular weight excluding hydrogens is 256 g/mol. The van der Waals surface area contributed by atoms with Crippen LogP contribution in [0, 0.1) is 5.92 Å². The van der Waals surface area contributed by atoms with E-state index in [-0.39, 0.29) is 17.9 Å². The van der Waals surface area contributed by atoms with Crippen LogP contribution < -0.4 is 10.6 Å². The first kappa shape index (κ1) is 13.6. The second-order valence-corrected chi connectivity index (χ2v) is 5.62. The van der Waals surface area contributed by atoms with Gasteiger partial charge in [-0.05, 0) is 32.2 Å². The number of nitrogens with one attached hydrogen (secondary N) is 2. The summed E-state index contributed by atoms with van der Waals surface area (Å²) >= 11 is 0. The lowest BCUT2D eigenvalue weighted by Crippen LogP contribution is -2.37. The summed E-state index contributed by atoms with van der Waals surface area (Å²) in [7, 11) is 0. The molecular formula is C14H22N4O2. The van der Waals surface area contributed by atoms with E-state index in [9.17, 15) is 4.79 Å². The van der Waals surface area contributed by atoms with Crippen molar-refractivity contribution in [1.82, 2.24) is 15.1 Å². The third kappa shape index (κ3) is 3.37. The van der Waals surface area contributed by atoms with Crippen molar-refractivity contribution in [3.05, 3.63) is 12.4 Å². The van der Waals surface area contributed by atoms with Crippen LogP contribution in [0.2, 0.25) is 0 Å². The van der Waals surface area contributed by atoms with E-state index in [0.29, 0.717) is 0 Å². The number of hydrogen-bond donors (Lipinski definition) is 2. The molecule has 0 spiro atoms. The Morgan fingerprint density at radius 2 is 2.45 bits per heavy atom. The smallest absolute Gasteiger partial charge is 0.228 e. The molecule has 2 saturated heterocycles. The lowest BCUT2D eigenvalue weighted by Gasteiger charge is -2.21. The molecule has 1 aromatic rings. The fourth-order valence-corrected chi connectivity index (χ4v) is 2.84. The van der Waals surface area contributed by atoms with Gasteiger partial charge in [-0.15, -0.1) is 0 Å². The maximum Gasteiger partial charge on any atom is 0.228 e. The second kappa shape index (κ2) is 6.37. The Kier molecular flexibility index (Phi) is 4.32. The van der Waals surface area contributed by atoms with Gasteiger partial charge in [-0.2, -0.15) is 5.10 Å². The Balaban J connectivity index is 1.52. The Morgan fingerprint density at radius 3 is 3.20 bits per heavy atom. The highest BCUT2D eigenvalue weighted by atomic mass is 16.5. The number of hydrogen-bond acceptors (Lipinski definition) is 4. The van der Waals surface area contributed by atoms with E-state index >= 15 is 0 Å². The van der Waals surface area contributed by atoms with Crippen LogP contribution in [-0.4, -0.2) is 41.5 Å². The van der Waals surface area contributed by atoms with Gasteiger partial charge in [0.2, 0.25) is 5.91 Å². The van der Waals surface area contributed by atoms with Crippen molar-refractivity contribution in [3.63, 3.8) is 0 Å². The third-order valence-corrected chi connectivity index (χ3v) is 3.98. The van der Waals surface area contributed by atoms with Gasteiger partial charge in [0.25, 0.3) is 0 Å². The van der Waals surface area contributed by atoms with Gasteiger partial charge in [0.15, 0.2) is 0 Å². The standard InChI is InChI=1S/C14H22N4O2/c19-14(11-3-1-5-15-7-11)17-12-8-16-18(9-12)10-13-4-2-6-20-13/h8-9,11,13,15H,1-7,10H2,(H,17,19)/t11-,13?/m0/s1. The molecule has 6 heteroatoms. The molecule has 2 fully saturated rings. The molecule has 3 rings (SSSR count). The van der Waals surface area contributed by atoms with Crippen LogP contribution in [-0.2, 0) is 16.1 Å². The van der Waals surface area contributed by atoms with Gasteiger partial charge < -0.3 is 15.4 Å². The van der Waals surface area contributed by atoms with E-state index in [0.717, 1.165) is 57.6 Å². The van der Waals surface area contributed by atoms with E-state index in [1.165, 1.54) is 0 Å². The third-order valence-electron chi connectivity index (χ3n) is 3.98. The Hall–Kier alpha value is -1.40. The monoisotopic (exact) mass is 278 g/mol. The van der Waals surface area contributed by atoms with Crippen LogP contribution in [0.4, 0.5) is 5.69 Å². The highest BCUT2D eigenvalue weighted by molar-refractivity contribution is 5.92. The van der Waals surface area contributed by atoms with Gasteiger partial charge in [0, 0.05) is 19.3 Å². The second-order valence-electron chi connectivity index (χ2n) is 5.62. The minimum absolute atomic E-state index is 0.0743. The van der Waals surface area contributed by atoms with Gasteiger partial charge >= 0.3 is 0 Å². The van der Waals surface area contributed by atoms with Gasteiger partial charge in [-0.25, -0.2) is 0 Å². The van der Waals surface area contributed by atoms with Crippen LogP contribution in [0.3, 0.4) is 0 Å². The van der Waals surface area contributed by atoms with Crippen LogP contribution in [0.1, 0.15) is 25.7 Å². The predicted molar refractivity (Wildman–Crippen MR) is 75.4 cm³/mol. The van der Waals surface area contributed by atoms with Crippen LogP contribution in [0.15, 0.2) is 12.4 Å². The minimum Gasteiger partial charge on any atom is -0.376 e. The molecule has 2 aliphatic rings. The van der Waals surface area contributed by atoms with Crippen molar-refractivity contribution >= 4 is 11.6 Å². The number of carbonyl (C=O) groups is 1. The van der Waals surface area contributed by atoms with Crippen molar-refractivity contribution in [3.8, 4) is 0 Å². The number of rotatable bonds is 4. The molecule has 1 aromatic heterocycles. The normalized spacial score (nSPS) is 26.6. The van der Waals surface area contributed by atoms with E-state index < -0.39 is 0 Å². The van der Waals surface area contributed by atoms with E-state index in [1.54, 1.807) is 6.20 Å². The van der Waals surface area contributed by atoms with Crippen LogP contribution >= 0.6 is 0 Å². The largest absolute Gasteiger partial charge is 0.376 e. The number of aromatic nitrogens is 2. The van der Waals surface area contributed by atoms with Crippen LogP contribution in [0.25, 0.3) is 0 Å². The van der Waals surface area contributed by atoms with Crippen molar-refractivity contribution in [1.29, 1.82) is 0 Å². The fourth-order valence-electron chi connectivity index (χ4n) is 2.84. The molecule has 1 amide bonds. The van der Waals surface area contributed by atoms with E-state index in [4.69, 9.17) is 4.74 Å². The number of ether oxygens (including phenoxy) is 1. The zero-order valence-electron chi connectivity index (χ0n) is 11.7. The molecule has 20 heavy (non-hydrogen) atoms. The number of anilines is 1. The molecule has 3 heterocycles. The van der Waals surface area contributed by atoms with Gasteiger partial charge in [0.05, 0.1) is 30.5 Å². The Bertz CT molecular complexity index is 448. The van der Waals surface area contributed by atoms with Crippen LogP contribution in [0.5, 0.6) is 0 Å². The van der Waals surface area contributed by atoms with Crippen molar-refractivity contribution in [2.24, 2.45) is 5.92 Å². The molecule has 0 saturated carbocycles. The molecule has 6 nitrogen and oxygen atoms in total. The van der Waals surface area contributed by atoms with E-state index in [2.05, 4.69) is 15.7 Å². The average molecular weight is 278 g/mol. The fraction of sp³-hybridized carbons (Fsp3) is 0.714. The Labute approximate surface area is 118 Å². The van der Waals surface area contributed by atoms with Gasteiger partial charge in [-0.1, -0.05) is 0 Å². The maximum atomic E-state index is 12.1. The SMILES string of the molecule is O=C(Nc1cnn(CC2CCCO2)c1)[C@H]1CCCNC1. The summed E-state index contributed by atoms with van der Waals surface area (Å²) in [6.45, 7) is 3.41. The van der Waals surface area contributed by atoms with Gasteiger partial charge in [0.1, 0.15) is 0 Å². The summed E-state index contributed by atoms with van der Waals surface area (Å²) < 4.78 is 7.44. The predicted octanol–water partition coefficient (Wildman–Crippen LogP) is 1.00. The van der Waals surface area contributed by atoms with E-state index in [1.807, 2.05) is 10.9 Å². The van der Waals surface area contributed by atoms with Gasteiger partial charge in [-0.3, -0.25) is 9.48 Å². The quantitative estimate of drug-likeness (QED) is 0.862. The summed E-state index contributed by atoms with van der Waals surface area (Å²) in [5.41, 5.74) is 0.776. The molecule has 2 atom stereocenters. The lowest BCUT2D eigenvalue weighted by molar-refractivity contribution is -0.120. The number of carbonyl (C=O) groups excluding carboxylic acids is 1. The number of amides is 1. The molecule has 1 unspecified atom stereocenters.